The summed E-state index contributed by atoms with van der Waals surface area (Å²) in [5.41, 5.74) is 3.95. The number of carbonyl (C=O) groups excluding carboxylic acids is 1. The van der Waals surface area contributed by atoms with Gasteiger partial charge in [0, 0.05) is 28.6 Å². The van der Waals surface area contributed by atoms with Crippen LogP contribution in [0, 0.1) is 0 Å². The molecule has 4 rings (SSSR count). The van der Waals surface area contributed by atoms with Gasteiger partial charge in [-0.25, -0.2) is 9.97 Å². The molecular formula is C23H23N3O2. The zero-order chi connectivity index (χ0) is 19.3. The zero-order valence-corrected chi connectivity index (χ0v) is 15.9. The van der Waals surface area contributed by atoms with Gasteiger partial charge < -0.3 is 10.1 Å². The van der Waals surface area contributed by atoms with Gasteiger partial charge in [0.25, 0.3) is 0 Å². The maximum Gasteiger partial charge on any atom is 0.225 e. The molecule has 0 bridgehead atoms. The first-order valence-electron chi connectivity index (χ1n) is 9.57. The number of hydrogen-bond acceptors (Lipinski definition) is 4. The average Bonchev–Trinajstić information content (AvgIpc) is 2.74. The van der Waals surface area contributed by atoms with Crippen molar-refractivity contribution < 1.29 is 9.53 Å². The van der Waals surface area contributed by atoms with Crippen LogP contribution in [0.1, 0.15) is 35.7 Å². The number of rotatable bonds is 5. The molecule has 1 unspecified atom stereocenters. The summed E-state index contributed by atoms with van der Waals surface area (Å²) in [6.45, 7) is 0. The van der Waals surface area contributed by atoms with Crippen LogP contribution in [0.15, 0.2) is 60.8 Å². The van der Waals surface area contributed by atoms with Gasteiger partial charge in [-0.3, -0.25) is 4.79 Å². The Bertz CT molecular complexity index is 973. The Hall–Kier alpha value is -3.21. The summed E-state index contributed by atoms with van der Waals surface area (Å²) in [5.74, 6) is 1.45. The number of benzene rings is 2. The molecule has 1 N–H and O–H groups in total. The third-order valence-corrected chi connectivity index (χ3v) is 5.09. The van der Waals surface area contributed by atoms with Crippen molar-refractivity contribution in [2.75, 3.05) is 7.11 Å². The van der Waals surface area contributed by atoms with Crippen molar-refractivity contribution in [1.29, 1.82) is 0 Å². The predicted octanol–water partition coefficient (Wildman–Crippen LogP) is 3.89. The zero-order valence-electron chi connectivity index (χ0n) is 15.9. The first kappa shape index (κ1) is 18.2. The molecule has 0 radical (unpaired) electrons. The Labute approximate surface area is 164 Å². The molecule has 1 heterocycles. The molecule has 1 atom stereocenters. The SMILES string of the molecule is COc1ccccc1CC(=O)NC1CCCc2nc(-c3ccccc3)ncc21. The van der Waals surface area contributed by atoms with Crippen molar-refractivity contribution in [1.82, 2.24) is 15.3 Å². The van der Waals surface area contributed by atoms with E-state index in [9.17, 15) is 4.79 Å². The van der Waals surface area contributed by atoms with Crippen LogP contribution < -0.4 is 10.1 Å². The highest BCUT2D eigenvalue weighted by atomic mass is 16.5. The van der Waals surface area contributed by atoms with Gasteiger partial charge in [0.2, 0.25) is 5.91 Å². The van der Waals surface area contributed by atoms with Crippen LogP contribution in [-0.2, 0) is 17.6 Å². The maximum atomic E-state index is 12.6. The van der Waals surface area contributed by atoms with Gasteiger partial charge in [-0.15, -0.1) is 0 Å². The van der Waals surface area contributed by atoms with E-state index < -0.39 is 0 Å². The topological polar surface area (TPSA) is 64.1 Å². The molecule has 1 amide bonds. The van der Waals surface area contributed by atoms with Gasteiger partial charge in [0.05, 0.1) is 19.6 Å². The number of fused-ring (bicyclic) bond motifs is 1. The van der Waals surface area contributed by atoms with E-state index in [0.29, 0.717) is 6.42 Å². The smallest absolute Gasteiger partial charge is 0.225 e. The van der Waals surface area contributed by atoms with Crippen LogP contribution in [0.5, 0.6) is 5.75 Å². The molecule has 1 aromatic heterocycles. The second kappa shape index (κ2) is 8.21. The van der Waals surface area contributed by atoms with Crippen LogP contribution >= 0.6 is 0 Å². The van der Waals surface area contributed by atoms with Gasteiger partial charge in [-0.05, 0) is 25.3 Å². The average molecular weight is 373 g/mol. The number of hydrogen-bond donors (Lipinski definition) is 1. The number of methoxy groups -OCH3 is 1. The summed E-state index contributed by atoms with van der Waals surface area (Å²) in [5, 5.41) is 3.16. The Kier molecular flexibility index (Phi) is 5.33. The van der Waals surface area contributed by atoms with E-state index in [1.54, 1.807) is 7.11 Å². The first-order valence-corrected chi connectivity index (χ1v) is 9.57. The lowest BCUT2D eigenvalue weighted by Crippen LogP contribution is -2.32. The van der Waals surface area contributed by atoms with Crippen LogP contribution in [0.2, 0.25) is 0 Å². The summed E-state index contributed by atoms with van der Waals surface area (Å²) in [6.07, 6.45) is 4.98. The molecule has 3 aromatic rings. The molecule has 0 spiro atoms. The van der Waals surface area contributed by atoms with Crippen LogP contribution in [-0.4, -0.2) is 23.0 Å². The van der Waals surface area contributed by atoms with Crippen LogP contribution in [0.25, 0.3) is 11.4 Å². The molecule has 0 aliphatic heterocycles. The van der Waals surface area contributed by atoms with E-state index in [0.717, 1.165) is 53.2 Å². The maximum absolute atomic E-state index is 12.6. The van der Waals surface area contributed by atoms with Gasteiger partial charge in [0.15, 0.2) is 5.82 Å². The normalized spacial score (nSPS) is 15.5. The van der Waals surface area contributed by atoms with Crippen molar-refractivity contribution in [2.24, 2.45) is 0 Å². The molecule has 0 saturated heterocycles. The molecule has 28 heavy (non-hydrogen) atoms. The predicted molar refractivity (Wildman–Crippen MR) is 108 cm³/mol. The van der Waals surface area contributed by atoms with Crippen molar-refractivity contribution in [3.05, 3.63) is 77.6 Å². The van der Waals surface area contributed by atoms with E-state index in [1.165, 1.54) is 0 Å². The molecule has 0 saturated carbocycles. The number of aryl methyl sites for hydroxylation is 1. The quantitative estimate of drug-likeness (QED) is 0.737. The summed E-state index contributed by atoms with van der Waals surface area (Å²) in [4.78, 5) is 22.0. The fourth-order valence-corrected chi connectivity index (χ4v) is 3.69. The summed E-state index contributed by atoms with van der Waals surface area (Å²) >= 11 is 0. The largest absolute Gasteiger partial charge is 0.496 e. The monoisotopic (exact) mass is 373 g/mol. The minimum absolute atomic E-state index is 0.0190. The van der Waals surface area contributed by atoms with Gasteiger partial charge in [0.1, 0.15) is 5.75 Å². The molecule has 142 valence electrons. The van der Waals surface area contributed by atoms with Crippen molar-refractivity contribution in [3.8, 4) is 17.1 Å². The van der Waals surface area contributed by atoms with E-state index in [-0.39, 0.29) is 11.9 Å². The van der Waals surface area contributed by atoms with E-state index in [1.807, 2.05) is 60.8 Å². The standard InChI is InChI=1S/C23H23N3O2/c1-28-21-13-6-5-10-17(21)14-22(27)25-19-11-7-12-20-18(19)15-24-23(26-20)16-8-3-2-4-9-16/h2-6,8-10,13,15,19H,7,11-12,14H2,1H3,(H,25,27). The Morgan fingerprint density at radius 1 is 1.14 bits per heavy atom. The Morgan fingerprint density at radius 2 is 1.93 bits per heavy atom. The fourth-order valence-electron chi connectivity index (χ4n) is 3.69. The summed E-state index contributed by atoms with van der Waals surface area (Å²) < 4.78 is 5.35. The number of nitrogens with zero attached hydrogens (tertiary/aromatic N) is 2. The Balaban J connectivity index is 1.51. The van der Waals surface area contributed by atoms with Crippen molar-refractivity contribution in [3.63, 3.8) is 0 Å². The first-order chi connectivity index (χ1) is 13.7. The number of ether oxygens (including phenoxy) is 1. The number of aromatic nitrogens is 2. The molecule has 0 fully saturated rings. The molecule has 2 aromatic carbocycles. The van der Waals surface area contributed by atoms with Crippen molar-refractivity contribution >= 4 is 5.91 Å². The third-order valence-electron chi connectivity index (χ3n) is 5.09. The molecular weight excluding hydrogens is 350 g/mol. The fraction of sp³-hybridized carbons (Fsp3) is 0.261. The van der Waals surface area contributed by atoms with Gasteiger partial charge in [-0.2, -0.15) is 0 Å². The third kappa shape index (κ3) is 3.88. The molecule has 1 aliphatic rings. The number of carbonyl (C=O) groups is 1. The lowest BCUT2D eigenvalue weighted by atomic mass is 9.92. The van der Waals surface area contributed by atoms with Gasteiger partial charge in [-0.1, -0.05) is 48.5 Å². The van der Waals surface area contributed by atoms with E-state index in [4.69, 9.17) is 9.72 Å². The van der Waals surface area contributed by atoms with E-state index >= 15 is 0 Å². The minimum atomic E-state index is -0.0456. The molecule has 5 nitrogen and oxygen atoms in total. The molecule has 5 heteroatoms. The van der Waals surface area contributed by atoms with Crippen molar-refractivity contribution in [2.45, 2.75) is 31.7 Å². The highest BCUT2D eigenvalue weighted by Gasteiger charge is 2.24. The summed E-state index contributed by atoms with van der Waals surface area (Å²) in [6, 6.07) is 17.5. The highest BCUT2D eigenvalue weighted by molar-refractivity contribution is 5.79. The Morgan fingerprint density at radius 3 is 2.75 bits per heavy atom. The minimum Gasteiger partial charge on any atom is -0.496 e. The van der Waals surface area contributed by atoms with E-state index in [2.05, 4.69) is 10.3 Å². The number of para-hydroxylation sites is 1. The number of amides is 1. The highest BCUT2D eigenvalue weighted by Crippen LogP contribution is 2.30. The molecule has 1 aliphatic carbocycles. The van der Waals surface area contributed by atoms with Crippen LogP contribution in [0.3, 0.4) is 0 Å². The number of nitrogens with one attached hydrogen (secondary N) is 1. The van der Waals surface area contributed by atoms with Gasteiger partial charge >= 0.3 is 0 Å². The second-order valence-electron chi connectivity index (χ2n) is 6.96. The lowest BCUT2D eigenvalue weighted by molar-refractivity contribution is -0.121. The van der Waals surface area contributed by atoms with Crippen LogP contribution in [0.4, 0.5) is 0 Å². The second-order valence-corrected chi connectivity index (χ2v) is 6.96. The lowest BCUT2D eigenvalue weighted by Gasteiger charge is -2.25. The summed E-state index contributed by atoms with van der Waals surface area (Å²) in [7, 11) is 1.62.